The standard InChI is InChI=1S/C10H15ClN2O2/c1-3-5-7(4-2)13-9(14)6-8(11)12-10(13)15/h6-7H,3-5H2,1-2H3,(H,12,15). The van der Waals surface area contributed by atoms with Gasteiger partial charge in [0.05, 0.1) is 0 Å². The normalized spacial score (nSPS) is 12.7. The van der Waals surface area contributed by atoms with Gasteiger partial charge in [-0.1, -0.05) is 31.9 Å². The summed E-state index contributed by atoms with van der Waals surface area (Å²) in [7, 11) is 0. The Morgan fingerprint density at radius 3 is 2.60 bits per heavy atom. The predicted octanol–water partition coefficient (Wildman–Crippen LogP) is 1.94. The molecule has 4 nitrogen and oxygen atoms in total. The fourth-order valence-corrected chi connectivity index (χ4v) is 1.85. The van der Waals surface area contributed by atoms with Crippen LogP contribution in [0.4, 0.5) is 0 Å². The molecule has 1 unspecified atom stereocenters. The van der Waals surface area contributed by atoms with Crippen LogP contribution in [0, 0.1) is 0 Å². The molecule has 1 N–H and O–H groups in total. The Kier molecular flexibility index (Phi) is 4.15. The minimum absolute atomic E-state index is 0.0384. The summed E-state index contributed by atoms with van der Waals surface area (Å²) < 4.78 is 1.25. The molecular weight excluding hydrogens is 216 g/mol. The molecule has 1 aromatic rings. The number of rotatable bonds is 4. The van der Waals surface area contributed by atoms with Gasteiger partial charge in [-0.3, -0.25) is 14.3 Å². The molecule has 0 radical (unpaired) electrons. The highest BCUT2D eigenvalue weighted by Gasteiger charge is 2.12. The van der Waals surface area contributed by atoms with Crippen LogP contribution in [0.2, 0.25) is 5.15 Å². The molecule has 1 heterocycles. The second-order valence-corrected chi connectivity index (χ2v) is 3.89. The van der Waals surface area contributed by atoms with Crippen molar-refractivity contribution in [3.63, 3.8) is 0 Å². The average molecular weight is 231 g/mol. The van der Waals surface area contributed by atoms with E-state index in [-0.39, 0.29) is 16.8 Å². The highest BCUT2D eigenvalue weighted by Crippen LogP contribution is 2.13. The Bertz CT molecular complexity index is 405. The number of H-pyrrole nitrogens is 1. The lowest BCUT2D eigenvalue weighted by molar-refractivity contribution is 0.419. The minimum atomic E-state index is -0.423. The van der Waals surface area contributed by atoms with E-state index < -0.39 is 5.69 Å². The smallest absolute Gasteiger partial charge is 0.298 e. The van der Waals surface area contributed by atoms with E-state index in [9.17, 15) is 9.59 Å². The van der Waals surface area contributed by atoms with E-state index in [4.69, 9.17) is 11.6 Å². The maximum absolute atomic E-state index is 11.6. The molecule has 0 fully saturated rings. The topological polar surface area (TPSA) is 54.9 Å². The van der Waals surface area contributed by atoms with E-state index in [1.165, 1.54) is 10.6 Å². The summed E-state index contributed by atoms with van der Waals surface area (Å²) in [4.78, 5) is 25.6. The van der Waals surface area contributed by atoms with Crippen molar-refractivity contribution in [1.82, 2.24) is 9.55 Å². The van der Waals surface area contributed by atoms with Gasteiger partial charge in [-0.2, -0.15) is 0 Å². The van der Waals surface area contributed by atoms with E-state index in [0.29, 0.717) is 0 Å². The van der Waals surface area contributed by atoms with Crippen molar-refractivity contribution in [3.8, 4) is 0 Å². The van der Waals surface area contributed by atoms with Crippen LogP contribution in [0.3, 0.4) is 0 Å². The fraction of sp³-hybridized carbons (Fsp3) is 0.600. The van der Waals surface area contributed by atoms with Crippen LogP contribution in [0.5, 0.6) is 0 Å². The van der Waals surface area contributed by atoms with Crippen molar-refractivity contribution in [2.24, 2.45) is 0 Å². The van der Waals surface area contributed by atoms with Crippen molar-refractivity contribution in [2.45, 2.75) is 39.2 Å². The van der Waals surface area contributed by atoms with Gasteiger partial charge >= 0.3 is 5.69 Å². The van der Waals surface area contributed by atoms with Crippen molar-refractivity contribution < 1.29 is 0 Å². The molecule has 0 aliphatic carbocycles. The molecular formula is C10H15ClN2O2. The van der Waals surface area contributed by atoms with Gasteiger partial charge in [-0.25, -0.2) is 4.79 Å². The average Bonchev–Trinajstić information content (AvgIpc) is 2.14. The van der Waals surface area contributed by atoms with E-state index in [2.05, 4.69) is 4.98 Å². The quantitative estimate of drug-likeness (QED) is 0.804. The summed E-state index contributed by atoms with van der Waals surface area (Å²) in [5.41, 5.74) is -0.753. The second-order valence-electron chi connectivity index (χ2n) is 3.48. The number of hydrogen-bond donors (Lipinski definition) is 1. The zero-order valence-electron chi connectivity index (χ0n) is 8.92. The lowest BCUT2D eigenvalue weighted by Crippen LogP contribution is -2.37. The third-order valence-corrected chi connectivity index (χ3v) is 2.59. The van der Waals surface area contributed by atoms with Crippen LogP contribution in [0.15, 0.2) is 15.7 Å². The number of aromatic nitrogens is 2. The maximum atomic E-state index is 11.6. The summed E-state index contributed by atoms with van der Waals surface area (Å²) in [6.07, 6.45) is 2.52. The Hall–Kier alpha value is -1.03. The van der Waals surface area contributed by atoms with Gasteiger partial charge in [0, 0.05) is 12.1 Å². The van der Waals surface area contributed by atoms with E-state index in [1.54, 1.807) is 0 Å². The van der Waals surface area contributed by atoms with Gasteiger partial charge in [-0.15, -0.1) is 0 Å². The molecule has 0 saturated heterocycles. The summed E-state index contributed by atoms with van der Waals surface area (Å²) in [6, 6.07) is 1.20. The van der Waals surface area contributed by atoms with Crippen molar-refractivity contribution in [3.05, 3.63) is 32.1 Å². The Labute approximate surface area is 92.9 Å². The highest BCUT2D eigenvalue weighted by molar-refractivity contribution is 6.29. The first-order valence-corrected chi connectivity index (χ1v) is 5.49. The molecule has 1 atom stereocenters. The highest BCUT2D eigenvalue weighted by atomic mass is 35.5. The lowest BCUT2D eigenvalue weighted by atomic mass is 10.1. The largest absolute Gasteiger partial charge is 0.329 e. The molecule has 0 amide bonds. The molecule has 15 heavy (non-hydrogen) atoms. The van der Waals surface area contributed by atoms with Crippen molar-refractivity contribution >= 4 is 11.6 Å². The summed E-state index contributed by atoms with van der Waals surface area (Å²) in [5.74, 6) is 0. The predicted molar refractivity (Wildman–Crippen MR) is 60.6 cm³/mol. The van der Waals surface area contributed by atoms with E-state index >= 15 is 0 Å². The fourth-order valence-electron chi connectivity index (χ4n) is 1.67. The van der Waals surface area contributed by atoms with Gasteiger partial charge in [0.15, 0.2) is 0 Å². The molecule has 5 heteroatoms. The monoisotopic (exact) mass is 230 g/mol. The van der Waals surface area contributed by atoms with Gasteiger partial charge in [0.1, 0.15) is 5.15 Å². The van der Waals surface area contributed by atoms with Gasteiger partial charge in [-0.05, 0) is 12.8 Å². The maximum Gasteiger partial charge on any atom is 0.329 e. The van der Waals surface area contributed by atoms with Crippen LogP contribution in [0.25, 0.3) is 0 Å². The number of halogens is 1. The van der Waals surface area contributed by atoms with Crippen LogP contribution in [-0.4, -0.2) is 9.55 Å². The van der Waals surface area contributed by atoms with Gasteiger partial charge in [0.2, 0.25) is 0 Å². The van der Waals surface area contributed by atoms with Crippen LogP contribution in [-0.2, 0) is 0 Å². The number of aromatic amines is 1. The minimum Gasteiger partial charge on any atom is -0.298 e. The number of nitrogens with one attached hydrogen (secondary N) is 1. The molecule has 1 rings (SSSR count). The zero-order valence-corrected chi connectivity index (χ0v) is 9.67. The van der Waals surface area contributed by atoms with Crippen molar-refractivity contribution in [1.29, 1.82) is 0 Å². The third kappa shape index (κ3) is 2.72. The van der Waals surface area contributed by atoms with Crippen LogP contribution in [0.1, 0.15) is 39.2 Å². The van der Waals surface area contributed by atoms with Crippen LogP contribution >= 0.6 is 11.6 Å². The summed E-state index contributed by atoms with van der Waals surface area (Å²) >= 11 is 5.58. The van der Waals surface area contributed by atoms with Crippen LogP contribution < -0.4 is 11.2 Å². The third-order valence-electron chi connectivity index (χ3n) is 2.39. The van der Waals surface area contributed by atoms with E-state index in [0.717, 1.165) is 19.3 Å². The Balaban J connectivity index is 3.23. The first-order chi connectivity index (χ1) is 7.10. The lowest BCUT2D eigenvalue weighted by Gasteiger charge is -2.15. The Morgan fingerprint density at radius 1 is 1.47 bits per heavy atom. The first-order valence-electron chi connectivity index (χ1n) is 5.11. The second kappa shape index (κ2) is 5.16. The molecule has 0 aromatic carbocycles. The molecule has 0 saturated carbocycles. The van der Waals surface area contributed by atoms with Crippen molar-refractivity contribution in [2.75, 3.05) is 0 Å². The first kappa shape index (κ1) is 12.0. The zero-order chi connectivity index (χ0) is 11.4. The van der Waals surface area contributed by atoms with Gasteiger partial charge in [0.25, 0.3) is 5.56 Å². The molecule has 0 bridgehead atoms. The SMILES string of the molecule is CCCC(CC)n1c(=O)cc(Cl)[nH]c1=O. The molecule has 0 spiro atoms. The van der Waals surface area contributed by atoms with Gasteiger partial charge < -0.3 is 0 Å². The molecule has 0 aliphatic heterocycles. The summed E-state index contributed by atoms with van der Waals surface area (Å²) in [5, 5.41) is 0.0904. The molecule has 84 valence electrons. The number of hydrogen-bond acceptors (Lipinski definition) is 2. The molecule has 0 aliphatic rings. The summed E-state index contributed by atoms with van der Waals surface area (Å²) in [6.45, 7) is 3.98. The number of nitrogens with zero attached hydrogens (tertiary/aromatic N) is 1. The molecule has 1 aromatic heterocycles. The van der Waals surface area contributed by atoms with E-state index in [1.807, 2.05) is 13.8 Å². The Morgan fingerprint density at radius 2 is 2.13 bits per heavy atom.